The van der Waals surface area contributed by atoms with Crippen molar-refractivity contribution in [1.82, 2.24) is 9.80 Å². The molecule has 1 N–H and O–H groups in total. The number of benzene rings is 1. The predicted molar refractivity (Wildman–Crippen MR) is 110 cm³/mol. The van der Waals surface area contributed by atoms with Crippen LogP contribution < -0.4 is 0 Å². The van der Waals surface area contributed by atoms with Crippen LogP contribution in [0.3, 0.4) is 0 Å². The van der Waals surface area contributed by atoms with Gasteiger partial charge in [-0.1, -0.05) is 0 Å². The molecular formula is C20H24FN3O4S. The number of aromatic hydroxyl groups is 1. The molecule has 1 atom stereocenters. The second-order valence-electron chi connectivity index (χ2n) is 7.98. The molecule has 2 amide bonds. The Bertz CT molecular complexity index is 894. The monoisotopic (exact) mass is 421 g/mol. The first kappa shape index (κ1) is 21.2. The molecule has 0 radical (unpaired) electrons. The molecule has 2 aliphatic rings. The summed E-state index contributed by atoms with van der Waals surface area (Å²) < 4.78 is 18.9. The lowest BCUT2D eigenvalue weighted by molar-refractivity contribution is -0.113. The fourth-order valence-electron chi connectivity index (χ4n) is 3.04. The highest BCUT2D eigenvalue weighted by Gasteiger charge is 2.34. The minimum atomic E-state index is -0.558. The molecule has 29 heavy (non-hydrogen) atoms. The smallest absolute Gasteiger partial charge is 0.410 e. The van der Waals surface area contributed by atoms with E-state index in [0.29, 0.717) is 29.7 Å². The van der Waals surface area contributed by atoms with Gasteiger partial charge in [-0.3, -0.25) is 4.79 Å². The summed E-state index contributed by atoms with van der Waals surface area (Å²) >= 11 is 1.18. The maximum Gasteiger partial charge on any atom is 0.410 e. The highest BCUT2D eigenvalue weighted by atomic mass is 32.2. The third kappa shape index (κ3) is 5.09. The van der Waals surface area contributed by atoms with Gasteiger partial charge in [-0.05, 0) is 63.7 Å². The van der Waals surface area contributed by atoms with Gasteiger partial charge >= 0.3 is 6.09 Å². The van der Waals surface area contributed by atoms with E-state index in [2.05, 4.69) is 4.99 Å². The van der Waals surface area contributed by atoms with Gasteiger partial charge in [0.1, 0.15) is 17.2 Å². The predicted octanol–water partition coefficient (Wildman–Crippen LogP) is 3.44. The molecule has 2 aliphatic heterocycles. The van der Waals surface area contributed by atoms with Crippen LogP contribution in [-0.2, 0) is 9.53 Å². The molecule has 156 valence electrons. The van der Waals surface area contributed by atoms with Crippen molar-refractivity contribution in [2.24, 2.45) is 4.99 Å². The summed E-state index contributed by atoms with van der Waals surface area (Å²) in [5.41, 5.74) is -0.336. The standard InChI is InChI=1S/C20H24FN3O4S/c1-12-11-23(19(27)28-20(2,3)4)7-8-24(12)18-22-17(26)16(29-18)10-13-9-14(21)5-6-15(13)25/h5-6,9-10,12,25H,7-8,11H2,1-4H3/t12-/m1/s1. The molecule has 1 aromatic carbocycles. The summed E-state index contributed by atoms with van der Waals surface area (Å²) in [7, 11) is 0. The van der Waals surface area contributed by atoms with Gasteiger partial charge in [-0.25, -0.2) is 9.18 Å². The summed E-state index contributed by atoms with van der Waals surface area (Å²) in [6.45, 7) is 8.84. The number of phenolic OH excluding ortho intramolecular Hbond substituents is 1. The Morgan fingerprint density at radius 2 is 2.10 bits per heavy atom. The van der Waals surface area contributed by atoms with E-state index in [1.807, 2.05) is 32.6 Å². The van der Waals surface area contributed by atoms with Gasteiger partial charge in [-0.2, -0.15) is 4.99 Å². The van der Waals surface area contributed by atoms with Crippen molar-refractivity contribution in [2.45, 2.75) is 39.3 Å². The molecular weight excluding hydrogens is 397 g/mol. The molecule has 0 spiro atoms. The summed E-state index contributed by atoms with van der Waals surface area (Å²) in [4.78, 5) is 32.6. The first-order chi connectivity index (χ1) is 13.5. The first-order valence-corrected chi connectivity index (χ1v) is 10.1. The van der Waals surface area contributed by atoms with Crippen molar-refractivity contribution < 1.29 is 23.8 Å². The third-order valence-electron chi connectivity index (χ3n) is 4.41. The Hall–Kier alpha value is -2.55. The van der Waals surface area contributed by atoms with Crippen molar-refractivity contribution in [2.75, 3.05) is 19.6 Å². The quantitative estimate of drug-likeness (QED) is 0.700. The molecule has 1 aromatic rings. The maximum atomic E-state index is 13.4. The Morgan fingerprint density at radius 1 is 1.38 bits per heavy atom. The number of halogens is 1. The second-order valence-corrected chi connectivity index (χ2v) is 8.99. The lowest BCUT2D eigenvalue weighted by atomic mass is 10.2. The van der Waals surface area contributed by atoms with Gasteiger partial charge in [-0.15, -0.1) is 0 Å². The number of amides is 2. The molecule has 0 aromatic heterocycles. The fourth-order valence-corrected chi connectivity index (χ4v) is 4.07. The summed E-state index contributed by atoms with van der Waals surface area (Å²) in [5, 5.41) is 10.4. The zero-order valence-electron chi connectivity index (χ0n) is 16.8. The lowest BCUT2D eigenvalue weighted by Crippen LogP contribution is -2.55. The first-order valence-electron chi connectivity index (χ1n) is 9.29. The van der Waals surface area contributed by atoms with Gasteiger partial charge in [0.05, 0.1) is 4.91 Å². The highest BCUT2D eigenvalue weighted by molar-refractivity contribution is 8.18. The second kappa shape index (κ2) is 8.06. The number of amidine groups is 1. The normalized spacial score (nSPS) is 21.6. The zero-order valence-corrected chi connectivity index (χ0v) is 17.6. The molecule has 3 rings (SSSR count). The number of rotatable bonds is 1. The molecule has 1 saturated heterocycles. The van der Waals surface area contributed by atoms with Gasteiger partial charge < -0.3 is 19.6 Å². The van der Waals surface area contributed by atoms with Crippen LogP contribution in [0.25, 0.3) is 6.08 Å². The van der Waals surface area contributed by atoms with Crippen LogP contribution in [0.5, 0.6) is 5.75 Å². The Morgan fingerprint density at radius 3 is 2.76 bits per heavy atom. The van der Waals surface area contributed by atoms with Crippen LogP contribution >= 0.6 is 11.8 Å². The zero-order chi connectivity index (χ0) is 21.3. The number of ether oxygens (including phenoxy) is 1. The van der Waals surface area contributed by atoms with Crippen LogP contribution in [0.1, 0.15) is 33.3 Å². The third-order valence-corrected chi connectivity index (χ3v) is 5.43. The lowest BCUT2D eigenvalue weighted by Gasteiger charge is -2.40. The number of nitrogens with zero attached hydrogens (tertiary/aromatic N) is 3. The molecule has 9 heteroatoms. The van der Waals surface area contributed by atoms with Crippen molar-refractivity contribution in [3.63, 3.8) is 0 Å². The van der Waals surface area contributed by atoms with E-state index in [9.17, 15) is 19.1 Å². The number of thioether (sulfide) groups is 1. The van der Waals surface area contributed by atoms with E-state index in [4.69, 9.17) is 4.74 Å². The topological polar surface area (TPSA) is 82.4 Å². The van der Waals surface area contributed by atoms with Gasteiger partial charge in [0.25, 0.3) is 5.91 Å². The van der Waals surface area contributed by atoms with Crippen molar-refractivity contribution >= 4 is 35.0 Å². The van der Waals surface area contributed by atoms with Gasteiger partial charge in [0.2, 0.25) is 0 Å². The number of piperazine rings is 1. The molecule has 0 aliphatic carbocycles. The largest absolute Gasteiger partial charge is 0.507 e. The Kier molecular flexibility index (Phi) is 5.88. The number of hydrogen-bond donors (Lipinski definition) is 1. The van der Waals surface area contributed by atoms with Crippen LogP contribution in [0, 0.1) is 5.82 Å². The average molecular weight is 421 g/mol. The number of phenols is 1. The summed E-state index contributed by atoms with van der Waals surface area (Å²) in [6.07, 6.45) is 1.08. The van der Waals surface area contributed by atoms with Crippen molar-refractivity contribution in [1.29, 1.82) is 0 Å². The van der Waals surface area contributed by atoms with E-state index >= 15 is 0 Å². The van der Waals surface area contributed by atoms with Crippen LogP contribution in [0.15, 0.2) is 28.1 Å². The van der Waals surface area contributed by atoms with Crippen LogP contribution in [0.2, 0.25) is 0 Å². The number of aliphatic imine (C=N–C) groups is 1. The van der Waals surface area contributed by atoms with E-state index in [-0.39, 0.29) is 23.4 Å². The molecule has 1 fully saturated rings. The van der Waals surface area contributed by atoms with Gasteiger partial charge in [0.15, 0.2) is 5.17 Å². The number of carbonyl (C=O) groups excluding carboxylic acids is 2. The number of hydrogen-bond acceptors (Lipinski definition) is 6. The molecule has 7 nitrogen and oxygen atoms in total. The molecule has 0 saturated carbocycles. The average Bonchev–Trinajstić information content (AvgIpc) is 2.97. The van der Waals surface area contributed by atoms with Gasteiger partial charge in [0, 0.05) is 31.2 Å². The SMILES string of the molecule is C[C@@H]1CN(C(=O)OC(C)(C)C)CCN1C1=NC(=O)C(=Cc2cc(F)ccc2O)S1. The van der Waals surface area contributed by atoms with Crippen LogP contribution in [-0.4, -0.2) is 63.4 Å². The Labute approximate surface area is 173 Å². The van der Waals surface area contributed by atoms with Crippen molar-refractivity contribution in [3.05, 3.63) is 34.5 Å². The summed E-state index contributed by atoms with van der Waals surface area (Å²) in [5.74, 6) is -1.05. The van der Waals surface area contributed by atoms with E-state index in [1.54, 1.807) is 4.90 Å². The minimum Gasteiger partial charge on any atom is -0.507 e. The summed E-state index contributed by atoms with van der Waals surface area (Å²) in [6, 6.07) is 3.49. The Balaban J connectivity index is 1.68. The van der Waals surface area contributed by atoms with E-state index in [1.165, 1.54) is 23.9 Å². The van der Waals surface area contributed by atoms with E-state index in [0.717, 1.165) is 12.1 Å². The molecule has 2 heterocycles. The number of carbonyl (C=O) groups is 2. The minimum absolute atomic E-state index is 0.0581. The molecule has 0 unspecified atom stereocenters. The van der Waals surface area contributed by atoms with E-state index < -0.39 is 17.3 Å². The fraction of sp³-hybridized carbons (Fsp3) is 0.450. The molecule has 0 bridgehead atoms. The highest BCUT2D eigenvalue weighted by Crippen LogP contribution is 2.33. The van der Waals surface area contributed by atoms with Crippen LogP contribution in [0.4, 0.5) is 9.18 Å². The maximum absolute atomic E-state index is 13.4. The van der Waals surface area contributed by atoms with Crippen molar-refractivity contribution in [3.8, 4) is 5.75 Å².